The average molecular weight is 334 g/mol. The van der Waals surface area contributed by atoms with Gasteiger partial charge in [-0.15, -0.1) is 20.4 Å². The quantitative estimate of drug-likeness (QED) is 0.770. The third-order valence-electron chi connectivity index (χ3n) is 3.52. The number of carbonyl (C=O) groups excluding carboxylic acids is 1. The fourth-order valence-electron chi connectivity index (χ4n) is 2.35. The maximum Gasteiger partial charge on any atom is 0.358 e. The molecule has 2 aromatic rings. The van der Waals surface area contributed by atoms with Gasteiger partial charge in [-0.05, 0) is 26.0 Å². The number of aryl methyl sites for hydroxylation is 1. The molecule has 23 heavy (non-hydrogen) atoms. The molecule has 3 rings (SSSR count). The zero-order chi connectivity index (χ0) is 16.2. The molecule has 0 N–H and O–H groups in total. The number of carbonyl (C=O) groups is 1. The van der Waals surface area contributed by atoms with Crippen LogP contribution in [0.3, 0.4) is 0 Å². The Morgan fingerprint density at radius 1 is 1.13 bits per heavy atom. The van der Waals surface area contributed by atoms with Crippen LogP contribution in [0.2, 0.25) is 0 Å². The normalized spacial score (nSPS) is 14.9. The van der Waals surface area contributed by atoms with Gasteiger partial charge in [-0.1, -0.05) is 11.3 Å². The summed E-state index contributed by atoms with van der Waals surface area (Å²) in [5.41, 5.74) is 0.235. The maximum atomic E-state index is 11.6. The number of esters is 1. The predicted molar refractivity (Wildman–Crippen MR) is 87.1 cm³/mol. The molecule has 0 atom stereocenters. The summed E-state index contributed by atoms with van der Waals surface area (Å²) in [6.07, 6.45) is 0. The van der Waals surface area contributed by atoms with Crippen LogP contribution in [0, 0.1) is 6.92 Å². The first kappa shape index (κ1) is 15.6. The minimum Gasteiger partial charge on any atom is -0.461 e. The number of hydrogen-bond acceptors (Lipinski definition) is 9. The summed E-state index contributed by atoms with van der Waals surface area (Å²) in [5.74, 6) is 0.328. The highest BCUT2D eigenvalue weighted by Crippen LogP contribution is 2.22. The zero-order valence-corrected chi connectivity index (χ0v) is 13.9. The van der Waals surface area contributed by atoms with Gasteiger partial charge >= 0.3 is 5.97 Å². The van der Waals surface area contributed by atoms with Crippen LogP contribution in [0.4, 0.5) is 10.9 Å². The highest BCUT2D eigenvalue weighted by molar-refractivity contribution is 7.15. The van der Waals surface area contributed by atoms with Gasteiger partial charge in [0.2, 0.25) is 5.13 Å². The first-order valence-corrected chi connectivity index (χ1v) is 8.30. The Hall–Kier alpha value is -2.29. The van der Waals surface area contributed by atoms with E-state index in [1.165, 1.54) is 0 Å². The molecule has 0 saturated carbocycles. The number of ether oxygens (including phenoxy) is 1. The Balaban J connectivity index is 1.60. The van der Waals surface area contributed by atoms with Crippen LogP contribution < -0.4 is 9.80 Å². The molecule has 0 bridgehead atoms. The Labute approximate surface area is 138 Å². The fourth-order valence-corrected chi connectivity index (χ4v) is 3.09. The van der Waals surface area contributed by atoms with Gasteiger partial charge in [0.1, 0.15) is 5.01 Å². The van der Waals surface area contributed by atoms with Crippen molar-refractivity contribution in [2.45, 2.75) is 13.8 Å². The molecule has 8 nitrogen and oxygen atoms in total. The molecule has 0 radical (unpaired) electrons. The van der Waals surface area contributed by atoms with E-state index >= 15 is 0 Å². The molecule has 1 saturated heterocycles. The van der Waals surface area contributed by atoms with Crippen LogP contribution in [0.25, 0.3) is 0 Å². The lowest BCUT2D eigenvalue weighted by Gasteiger charge is -2.34. The van der Waals surface area contributed by atoms with E-state index in [0.29, 0.717) is 6.61 Å². The second kappa shape index (κ2) is 6.86. The summed E-state index contributed by atoms with van der Waals surface area (Å²) in [5, 5.41) is 18.3. The van der Waals surface area contributed by atoms with E-state index in [1.807, 2.05) is 13.0 Å². The van der Waals surface area contributed by atoms with Gasteiger partial charge in [0.25, 0.3) is 0 Å². The summed E-state index contributed by atoms with van der Waals surface area (Å²) in [4.78, 5) is 15.9. The van der Waals surface area contributed by atoms with Gasteiger partial charge in [-0.2, -0.15) is 0 Å². The topological polar surface area (TPSA) is 84.3 Å². The molecule has 0 aromatic carbocycles. The Bertz CT molecular complexity index is 666. The summed E-state index contributed by atoms with van der Waals surface area (Å²) in [7, 11) is 0. The monoisotopic (exact) mass is 334 g/mol. The first-order chi connectivity index (χ1) is 11.2. The number of rotatable bonds is 4. The van der Waals surface area contributed by atoms with E-state index in [9.17, 15) is 4.79 Å². The van der Waals surface area contributed by atoms with Crippen LogP contribution in [0.15, 0.2) is 12.1 Å². The summed E-state index contributed by atoms with van der Waals surface area (Å²) in [6.45, 7) is 7.41. The molecule has 9 heteroatoms. The van der Waals surface area contributed by atoms with Gasteiger partial charge in [0.05, 0.1) is 6.61 Å². The van der Waals surface area contributed by atoms with Crippen molar-refractivity contribution < 1.29 is 9.53 Å². The molecule has 2 aromatic heterocycles. The van der Waals surface area contributed by atoms with Gasteiger partial charge in [-0.25, -0.2) is 4.79 Å². The average Bonchev–Trinajstić information content (AvgIpc) is 3.02. The summed E-state index contributed by atoms with van der Waals surface area (Å²) < 4.78 is 4.90. The van der Waals surface area contributed by atoms with Crippen LogP contribution in [-0.4, -0.2) is 59.1 Å². The molecule has 1 aliphatic rings. The number of hydrogen-bond donors (Lipinski definition) is 0. The molecular formula is C14H18N6O2S. The van der Waals surface area contributed by atoms with Crippen molar-refractivity contribution in [1.82, 2.24) is 20.4 Å². The Morgan fingerprint density at radius 3 is 2.43 bits per heavy atom. The van der Waals surface area contributed by atoms with E-state index in [-0.39, 0.29) is 5.69 Å². The van der Waals surface area contributed by atoms with Crippen molar-refractivity contribution in [3.8, 4) is 0 Å². The number of anilines is 2. The van der Waals surface area contributed by atoms with Crippen LogP contribution in [0.1, 0.15) is 22.4 Å². The molecule has 122 valence electrons. The SMILES string of the molecule is CCOC(=O)c1ccc(N2CCN(c3nnc(C)s3)CC2)nn1. The Morgan fingerprint density at radius 2 is 1.87 bits per heavy atom. The summed E-state index contributed by atoms with van der Waals surface area (Å²) >= 11 is 1.61. The second-order valence-corrected chi connectivity index (χ2v) is 6.24. The smallest absolute Gasteiger partial charge is 0.358 e. The Kier molecular flexibility index (Phi) is 4.65. The van der Waals surface area contributed by atoms with Crippen molar-refractivity contribution in [2.75, 3.05) is 42.6 Å². The van der Waals surface area contributed by atoms with Crippen molar-refractivity contribution in [3.05, 3.63) is 22.8 Å². The van der Waals surface area contributed by atoms with Crippen molar-refractivity contribution >= 4 is 28.3 Å². The minimum absolute atomic E-state index is 0.235. The lowest BCUT2D eigenvalue weighted by Crippen LogP contribution is -2.46. The highest BCUT2D eigenvalue weighted by atomic mass is 32.1. The molecule has 1 aliphatic heterocycles. The van der Waals surface area contributed by atoms with E-state index in [2.05, 4.69) is 30.2 Å². The molecule has 3 heterocycles. The molecular weight excluding hydrogens is 316 g/mol. The van der Waals surface area contributed by atoms with Crippen molar-refractivity contribution in [3.63, 3.8) is 0 Å². The predicted octanol–water partition coefficient (Wildman–Crippen LogP) is 1.14. The van der Waals surface area contributed by atoms with Crippen LogP contribution in [-0.2, 0) is 4.74 Å². The fraction of sp³-hybridized carbons (Fsp3) is 0.500. The van der Waals surface area contributed by atoms with Crippen molar-refractivity contribution in [1.29, 1.82) is 0 Å². The van der Waals surface area contributed by atoms with Crippen LogP contribution in [0.5, 0.6) is 0 Å². The van der Waals surface area contributed by atoms with Crippen molar-refractivity contribution in [2.24, 2.45) is 0 Å². The first-order valence-electron chi connectivity index (χ1n) is 7.48. The second-order valence-electron chi connectivity index (χ2n) is 5.07. The lowest BCUT2D eigenvalue weighted by atomic mass is 10.3. The summed E-state index contributed by atoms with van der Waals surface area (Å²) in [6, 6.07) is 3.46. The molecule has 0 aliphatic carbocycles. The molecule has 1 fully saturated rings. The third-order valence-corrected chi connectivity index (χ3v) is 4.42. The molecule has 0 spiro atoms. The number of piperazine rings is 1. The number of aromatic nitrogens is 4. The van der Waals surface area contributed by atoms with Gasteiger partial charge in [0, 0.05) is 26.2 Å². The lowest BCUT2D eigenvalue weighted by molar-refractivity contribution is 0.0518. The van der Waals surface area contributed by atoms with E-state index in [0.717, 1.165) is 42.1 Å². The maximum absolute atomic E-state index is 11.6. The molecule has 0 amide bonds. The van der Waals surface area contributed by atoms with Gasteiger partial charge in [0.15, 0.2) is 11.5 Å². The largest absolute Gasteiger partial charge is 0.461 e. The standard InChI is InChI=1S/C14H18N6O2S/c1-3-22-13(21)11-4-5-12(17-16-11)19-6-8-20(9-7-19)14-18-15-10(2)23-14/h4-5H,3,6-9H2,1-2H3. The minimum atomic E-state index is -0.442. The highest BCUT2D eigenvalue weighted by Gasteiger charge is 2.21. The zero-order valence-electron chi connectivity index (χ0n) is 13.1. The molecule has 0 unspecified atom stereocenters. The van der Waals surface area contributed by atoms with E-state index in [4.69, 9.17) is 4.74 Å². The van der Waals surface area contributed by atoms with Crippen LogP contribution >= 0.6 is 11.3 Å². The van der Waals surface area contributed by atoms with E-state index in [1.54, 1.807) is 24.3 Å². The van der Waals surface area contributed by atoms with Gasteiger partial charge < -0.3 is 14.5 Å². The van der Waals surface area contributed by atoms with Gasteiger partial charge in [-0.3, -0.25) is 0 Å². The third kappa shape index (κ3) is 3.55. The number of nitrogens with zero attached hydrogens (tertiary/aromatic N) is 6. The van der Waals surface area contributed by atoms with E-state index < -0.39 is 5.97 Å².